The second-order valence-corrected chi connectivity index (χ2v) is 7.45. The molecular formula is C19H41IN4O. The second kappa shape index (κ2) is 16.1. The highest BCUT2D eigenvalue weighted by Gasteiger charge is 2.14. The van der Waals surface area contributed by atoms with Gasteiger partial charge in [-0.3, -0.25) is 4.99 Å². The average Bonchev–Trinajstić information content (AvgIpc) is 2.57. The van der Waals surface area contributed by atoms with Crippen LogP contribution in [0, 0.1) is 11.8 Å². The first-order valence-corrected chi connectivity index (χ1v) is 9.86. The molecule has 1 saturated heterocycles. The van der Waals surface area contributed by atoms with Crippen LogP contribution in [-0.2, 0) is 4.74 Å². The van der Waals surface area contributed by atoms with Crippen molar-refractivity contribution in [2.75, 3.05) is 53.0 Å². The molecule has 0 bridgehead atoms. The van der Waals surface area contributed by atoms with E-state index >= 15 is 0 Å². The lowest BCUT2D eigenvalue weighted by Gasteiger charge is -2.30. The Labute approximate surface area is 172 Å². The van der Waals surface area contributed by atoms with Gasteiger partial charge in [-0.15, -0.1) is 24.0 Å². The first-order valence-electron chi connectivity index (χ1n) is 9.86. The molecule has 0 aromatic heterocycles. The van der Waals surface area contributed by atoms with Gasteiger partial charge in [0, 0.05) is 26.7 Å². The lowest BCUT2D eigenvalue weighted by Crippen LogP contribution is -2.39. The molecule has 0 unspecified atom stereocenters. The first kappa shape index (κ1) is 24.9. The average molecular weight is 468 g/mol. The van der Waals surface area contributed by atoms with Gasteiger partial charge in [-0.05, 0) is 63.6 Å². The van der Waals surface area contributed by atoms with Crippen LogP contribution in [0.25, 0.3) is 0 Å². The molecule has 0 aliphatic carbocycles. The summed E-state index contributed by atoms with van der Waals surface area (Å²) < 4.78 is 5.61. The van der Waals surface area contributed by atoms with Crippen LogP contribution in [0.3, 0.4) is 0 Å². The normalized spacial score (nSPS) is 16.8. The largest absolute Gasteiger partial charge is 0.380 e. The molecule has 1 heterocycles. The highest BCUT2D eigenvalue weighted by molar-refractivity contribution is 14.0. The van der Waals surface area contributed by atoms with Crippen molar-refractivity contribution in [3.05, 3.63) is 0 Å². The number of aliphatic imine (C=N–C) groups is 1. The van der Waals surface area contributed by atoms with Crippen LogP contribution in [-0.4, -0.2) is 63.8 Å². The Hall–Kier alpha value is -0.0800. The number of rotatable bonds is 11. The third-order valence-corrected chi connectivity index (χ3v) is 4.67. The van der Waals surface area contributed by atoms with E-state index in [-0.39, 0.29) is 24.0 Å². The zero-order valence-electron chi connectivity index (χ0n) is 16.9. The molecule has 1 aliphatic heterocycles. The Bertz CT molecular complexity index is 331. The molecule has 0 radical (unpaired) electrons. The first-order chi connectivity index (χ1) is 11.6. The van der Waals surface area contributed by atoms with Crippen molar-refractivity contribution in [3.8, 4) is 0 Å². The Morgan fingerprint density at radius 3 is 2.44 bits per heavy atom. The third kappa shape index (κ3) is 13.7. The Kier molecular flexibility index (Phi) is 16.1. The van der Waals surface area contributed by atoms with Crippen LogP contribution in [0.2, 0.25) is 0 Å². The van der Waals surface area contributed by atoms with Crippen molar-refractivity contribution in [3.63, 3.8) is 0 Å². The summed E-state index contributed by atoms with van der Waals surface area (Å²) in [4.78, 5) is 6.87. The fourth-order valence-corrected chi connectivity index (χ4v) is 2.84. The third-order valence-electron chi connectivity index (χ3n) is 4.67. The van der Waals surface area contributed by atoms with Crippen molar-refractivity contribution in [1.82, 2.24) is 15.5 Å². The molecule has 25 heavy (non-hydrogen) atoms. The van der Waals surface area contributed by atoms with Gasteiger partial charge in [-0.1, -0.05) is 20.8 Å². The summed E-state index contributed by atoms with van der Waals surface area (Å²) in [6.07, 6.45) is 6.32. The predicted molar refractivity (Wildman–Crippen MR) is 119 cm³/mol. The number of guanidine groups is 1. The molecule has 1 fully saturated rings. The lowest BCUT2D eigenvalue weighted by atomic mass is 9.99. The number of likely N-dealkylation sites (tertiary alicyclic amines) is 1. The van der Waals surface area contributed by atoms with Gasteiger partial charge in [0.2, 0.25) is 0 Å². The minimum Gasteiger partial charge on any atom is -0.380 e. The number of halogens is 1. The van der Waals surface area contributed by atoms with Crippen LogP contribution in [0.5, 0.6) is 0 Å². The van der Waals surface area contributed by atoms with E-state index in [2.05, 4.69) is 41.3 Å². The van der Waals surface area contributed by atoms with Gasteiger partial charge in [0.25, 0.3) is 0 Å². The quantitative estimate of drug-likeness (QED) is 0.211. The number of nitrogens with one attached hydrogen (secondary N) is 2. The summed E-state index contributed by atoms with van der Waals surface area (Å²) in [5, 5.41) is 6.69. The summed E-state index contributed by atoms with van der Waals surface area (Å²) in [5.74, 6) is 2.52. The molecule has 1 aliphatic rings. The number of nitrogens with zero attached hydrogens (tertiary/aromatic N) is 2. The summed E-state index contributed by atoms with van der Waals surface area (Å²) in [5.41, 5.74) is 0. The molecule has 0 spiro atoms. The molecule has 150 valence electrons. The minimum atomic E-state index is 0. The molecular weight excluding hydrogens is 427 g/mol. The molecule has 0 aromatic carbocycles. The highest BCUT2D eigenvalue weighted by Crippen LogP contribution is 2.15. The number of hydrogen-bond donors (Lipinski definition) is 2. The molecule has 2 N–H and O–H groups in total. The number of piperidine rings is 1. The summed E-state index contributed by atoms with van der Waals surface area (Å²) >= 11 is 0. The van der Waals surface area contributed by atoms with Crippen LogP contribution in [0.4, 0.5) is 0 Å². The van der Waals surface area contributed by atoms with Crippen molar-refractivity contribution in [2.24, 2.45) is 16.8 Å². The monoisotopic (exact) mass is 468 g/mol. The second-order valence-electron chi connectivity index (χ2n) is 7.45. The van der Waals surface area contributed by atoms with E-state index in [0.717, 1.165) is 44.6 Å². The number of unbranched alkanes of at least 4 members (excludes halogenated alkanes) is 1. The smallest absolute Gasteiger partial charge is 0.191 e. The van der Waals surface area contributed by atoms with Gasteiger partial charge >= 0.3 is 0 Å². The van der Waals surface area contributed by atoms with Crippen molar-refractivity contribution >= 4 is 29.9 Å². The number of hydrogen-bond acceptors (Lipinski definition) is 3. The summed E-state index contributed by atoms with van der Waals surface area (Å²) in [7, 11) is 1.82. The predicted octanol–water partition coefficient (Wildman–Crippen LogP) is 3.34. The maximum Gasteiger partial charge on any atom is 0.191 e. The molecule has 0 saturated carbocycles. The van der Waals surface area contributed by atoms with Crippen LogP contribution in [0.1, 0.15) is 52.9 Å². The van der Waals surface area contributed by atoms with E-state index in [4.69, 9.17) is 4.74 Å². The fraction of sp³-hybridized carbons (Fsp3) is 0.947. The Morgan fingerprint density at radius 1 is 1.12 bits per heavy atom. The molecule has 0 amide bonds. The zero-order chi connectivity index (χ0) is 17.6. The van der Waals surface area contributed by atoms with E-state index in [1.807, 2.05) is 7.05 Å². The lowest BCUT2D eigenvalue weighted by molar-refractivity contribution is 0.128. The Morgan fingerprint density at radius 2 is 1.80 bits per heavy atom. The van der Waals surface area contributed by atoms with Crippen LogP contribution >= 0.6 is 24.0 Å². The van der Waals surface area contributed by atoms with Gasteiger partial charge in [0.1, 0.15) is 0 Å². The van der Waals surface area contributed by atoms with E-state index in [1.54, 1.807) is 0 Å². The maximum atomic E-state index is 5.61. The molecule has 1 rings (SSSR count). The zero-order valence-corrected chi connectivity index (χ0v) is 19.2. The van der Waals surface area contributed by atoms with Gasteiger partial charge in [0.05, 0.1) is 6.61 Å². The highest BCUT2D eigenvalue weighted by atomic mass is 127. The van der Waals surface area contributed by atoms with Crippen LogP contribution < -0.4 is 10.6 Å². The minimum absolute atomic E-state index is 0. The van der Waals surface area contributed by atoms with E-state index in [9.17, 15) is 0 Å². The van der Waals surface area contributed by atoms with Gasteiger partial charge in [-0.2, -0.15) is 0 Å². The van der Waals surface area contributed by atoms with Crippen molar-refractivity contribution in [2.45, 2.75) is 52.9 Å². The Balaban J connectivity index is 0.00000576. The van der Waals surface area contributed by atoms with E-state index in [0.29, 0.717) is 5.92 Å². The summed E-state index contributed by atoms with van der Waals surface area (Å²) in [6, 6.07) is 0. The van der Waals surface area contributed by atoms with Crippen LogP contribution in [0.15, 0.2) is 4.99 Å². The molecule has 5 nitrogen and oxygen atoms in total. The topological polar surface area (TPSA) is 48.9 Å². The SMILES string of the molecule is CN=C(NCCCCN1CCC(C)CC1)NCCOCCC(C)C.I. The van der Waals surface area contributed by atoms with Gasteiger partial charge < -0.3 is 20.3 Å². The van der Waals surface area contributed by atoms with Crippen molar-refractivity contribution < 1.29 is 4.74 Å². The molecule has 6 heteroatoms. The van der Waals surface area contributed by atoms with Gasteiger partial charge in [0.15, 0.2) is 5.96 Å². The maximum absolute atomic E-state index is 5.61. The van der Waals surface area contributed by atoms with Crippen molar-refractivity contribution in [1.29, 1.82) is 0 Å². The molecule has 0 atom stereocenters. The summed E-state index contributed by atoms with van der Waals surface area (Å²) in [6.45, 7) is 14.0. The van der Waals surface area contributed by atoms with E-state index in [1.165, 1.54) is 45.3 Å². The molecule has 0 aromatic rings. The number of ether oxygens (including phenoxy) is 1. The van der Waals surface area contributed by atoms with E-state index < -0.39 is 0 Å². The van der Waals surface area contributed by atoms with Gasteiger partial charge in [-0.25, -0.2) is 0 Å². The standard InChI is InChI=1S/C19H40N4O.HI/c1-17(2)9-15-24-16-11-22-19(20-4)21-10-5-6-12-23-13-7-18(3)8-14-23;/h17-18H,5-16H2,1-4H3,(H2,20,21,22);1H. The fourth-order valence-electron chi connectivity index (χ4n) is 2.84.